The molecule has 5 nitrogen and oxygen atoms in total. The molecule has 2 fully saturated rings. The maximum Gasteiger partial charge on any atom is 0.345 e. The van der Waals surface area contributed by atoms with Crippen LogP contribution in [-0.4, -0.2) is 34.2 Å². The fraction of sp³-hybridized carbons (Fsp3) is 0.520. The van der Waals surface area contributed by atoms with Crippen molar-refractivity contribution in [2.24, 2.45) is 11.8 Å². The van der Waals surface area contributed by atoms with Gasteiger partial charge in [-0.05, 0) is 87.1 Å². The number of carbonyl (C=O) groups is 2. The molecule has 2 aliphatic carbocycles. The van der Waals surface area contributed by atoms with Crippen LogP contribution >= 0.6 is 11.3 Å². The van der Waals surface area contributed by atoms with Gasteiger partial charge in [0.25, 0.3) is 0 Å². The van der Waals surface area contributed by atoms with Gasteiger partial charge in [0.05, 0.1) is 6.10 Å². The molecule has 2 aliphatic rings. The number of thiophene rings is 1. The molecule has 2 aromatic rings. The standard InChI is InChI=1S/C25H31NO4S/c1-16-5-7-17(8-6-16)24(28)26(19-9-11-21(27)12-10-19)20-4-2-3-18(15-20)22-13-14-23(31-22)25(29)30/h2-4,13-17,19,21,27H,5-12H2,1H3,(H,29,30). The molecule has 6 heteroatoms. The third kappa shape index (κ3) is 5.01. The molecule has 1 aromatic carbocycles. The summed E-state index contributed by atoms with van der Waals surface area (Å²) in [7, 11) is 0. The lowest BCUT2D eigenvalue weighted by molar-refractivity contribution is -0.124. The summed E-state index contributed by atoms with van der Waals surface area (Å²) in [6, 6.07) is 11.5. The van der Waals surface area contributed by atoms with Crippen molar-refractivity contribution in [2.75, 3.05) is 4.90 Å². The Bertz CT molecular complexity index is 923. The minimum atomic E-state index is -0.920. The molecule has 0 atom stereocenters. The van der Waals surface area contributed by atoms with Crippen LogP contribution in [0.15, 0.2) is 36.4 Å². The van der Waals surface area contributed by atoms with Gasteiger partial charge < -0.3 is 15.1 Å². The highest BCUT2D eigenvalue weighted by molar-refractivity contribution is 7.17. The summed E-state index contributed by atoms with van der Waals surface area (Å²) in [5, 5.41) is 19.2. The largest absolute Gasteiger partial charge is 0.477 e. The lowest BCUT2D eigenvalue weighted by Crippen LogP contribution is -2.46. The summed E-state index contributed by atoms with van der Waals surface area (Å²) < 4.78 is 0. The Morgan fingerprint density at radius 3 is 2.32 bits per heavy atom. The monoisotopic (exact) mass is 441 g/mol. The summed E-state index contributed by atoms with van der Waals surface area (Å²) in [6.45, 7) is 2.26. The normalized spacial score (nSPS) is 26.4. The molecule has 0 saturated heterocycles. The van der Waals surface area contributed by atoms with Crippen LogP contribution in [0.3, 0.4) is 0 Å². The molecule has 1 aromatic heterocycles. The zero-order valence-electron chi connectivity index (χ0n) is 18.0. The number of rotatable bonds is 5. The van der Waals surface area contributed by atoms with Gasteiger partial charge in [-0.25, -0.2) is 4.79 Å². The van der Waals surface area contributed by atoms with E-state index in [4.69, 9.17) is 0 Å². The molecule has 4 rings (SSSR count). The average molecular weight is 442 g/mol. The summed E-state index contributed by atoms with van der Waals surface area (Å²) >= 11 is 1.25. The van der Waals surface area contributed by atoms with E-state index in [1.807, 2.05) is 35.2 Å². The zero-order chi connectivity index (χ0) is 22.0. The van der Waals surface area contributed by atoms with Gasteiger partial charge in [0.1, 0.15) is 4.88 Å². The number of carboxylic acids is 1. The van der Waals surface area contributed by atoms with E-state index in [1.165, 1.54) is 11.3 Å². The summed E-state index contributed by atoms with van der Waals surface area (Å²) in [4.78, 5) is 28.2. The molecule has 0 aliphatic heterocycles. The first kappa shape index (κ1) is 22.0. The van der Waals surface area contributed by atoms with Gasteiger partial charge in [-0.3, -0.25) is 4.79 Å². The number of carbonyl (C=O) groups excluding carboxylic acids is 1. The van der Waals surface area contributed by atoms with Crippen LogP contribution in [0, 0.1) is 11.8 Å². The van der Waals surface area contributed by atoms with E-state index >= 15 is 0 Å². The molecule has 1 amide bonds. The van der Waals surface area contributed by atoms with Gasteiger partial charge in [0.15, 0.2) is 0 Å². The minimum absolute atomic E-state index is 0.0621. The maximum absolute atomic E-state index is 13.7. The fourth-order valence-electron chi connectivity index (χ4n) is 4.96. The van der Waals surface area contributed by atoms with Crippen LogP contribution < -0.4 is 4.90 Å². The van der Waals surface area contributed by atoms with Gasteiger partial charge in [-0.15, -0.1) is 11.3 Å². The Morgan fingerprint density at radius 2 is 1.68 bits per heavy atom. The topological polar surface area (TPSA) is 77.8 Å². The van der Waals surface area contributed by atoms with E-state index in [-0.39, 0.29) is 24.0 Å². The number of amides is 1. The highest BCUT2D eigenvalue weighted by atomic mass is 32.1. The van der Waals surface area contributed by atoms with Gasteiger partial charge >= 0.3 is 5.97 Å². The predicted molar refractivity (Wildman–Crippen MR) is 124 cm³/mol. The van der Waals surface area contributed by atoms with Gasteiger partial charge in [0, 0.05) is 22.5 Å². The van der Waals surface area contributed by atoms with Gasteiger partial charge in [-0.1, -0.05) is 19.1 Å². The first-order chi connectivity index (χ1) is 14.9. The molecule has 0 spiro atoms. The third-order valence-corrected chi connectivity index (χ3v) is 7.98. The molecule has 0 unspecified atom stereocenters. The van der Waals surface area contributed by atoms with Crippen molar-refractivity contribution >= 4 is 28.9 Å². The first-order valence-corrected chi connectivity index (χ1v) is 12.2. The van der Waals surface area contributed by atoms with E-state index in [0.717, 1.165) is 67.5 Å². The number of hydrogen-bond acceptors (Lipinski definition) is 4. The minimum Gasteiger partial charge on any atom is -0.477 e. The van der Waals surface area contributed by atoms with Crippen LogP contribution in [0.25, 0.3) is 10.4 Å². The highest BCUT2D eigenvalue weighted by Crippen LogP contribution is 2.37. The van der Waals surface area contributed by atoms with E-state index < -0.39 is 5.97 Å². The number of anilines is 1. The first-order valence-electron chi connectivity index (χ1n) is 11.4. The zero-order valence-corrected chi connectivity index (χ0v) is 18.8. The molecule has 0 radical (unpaired) electrons. The summed E-state index contributed by atoms with van der Waals surface area (Å²) in [5.74, 6) is 0.0410. The van der Waals surface area contributed by atoms with Crippen LogP contribution in [0.4, 0.5) is 5.69 Å². The van der Waals surface area contributed by atoms with Crippen molar-refractivity contribution in [3.05, 3.63) is 41.3 Å². The molecule has 0 bridgehead atoms. The number of aromatic carboxylic acids is 1. The van der Waals surface area contributed by atoms with Crippen LogP contribution in [0.5, 0.6) is 0 Å². The second-order valence-electron chi connectivity index (χ2n) is 9.15. The lowest BCUT2D eigenvalue weighted by atomic mass is 9.81. The molecule has 166 valence electrons. The number of benzene rings is 1. The Labute approximate surface area is 187 Å². The van der Waals surface area contributed by atoms with E-state index in [0.29, 0.717) is 10.8 Å². The summed E-state index contributed by atoms with van der Waals surface area (Å²) in [6.07, 6.45) is 6.88. The Balaban J connectivity index is 1.64. The second kappa shape index (κ2) is 9.53. The molecule has 1 heterocycles. The quantitative estimate of drug-likeness (QED) is 0.635. The van der Waals surface area contributed by atoms with Crippen LogP contribution in [0.1, 0.15) is 68.0 Å². The average Bonchev–Trinajstić information content (AvgIpc) is 3.27. The van der Waals surface area contributed by atoms with E-state index in [2.05, 4.69) is 6.92 Å². The van der Waals surface area contributed by atoms with Crippen LogP contribution in [-0.2, 0) is 4.79 Å². The maximum atomic E-state index is 13.7. The number of nitrogens with zero attached hydrogens (tertiary/aromatic N) is 1. The molecule has 31 heavy (non-hydrogen) atoms. The van der Waals surface area contributed by atoms with Crippen molar-refractivity contribution < 1.29 is 19.8 Å². The van der Waals surface area contributed by atoms with Gasteiger partial charge in [-0.2, -0.15) is 0 Å². The SMILES string of the molecule is CC1CCC(C(=O)N(c2cccc(-c3ccc(C(=O)O)s3)c2)C2CCC(O)CC2)CC1. The number of carboxylic acid groups (broad SMARTS) is 1. The van der Waals surface area contributed by atoms with E-state index in [1.54, 1.807) is 6.07 Å². The molecular weight excluding hydrogens is 410 g/mol. The Hall–Kier alpha value is -2.18. The Morgan fingerprint density at radius 1 is 0.968 bits per heavy atom. The van der Waals surface area contributed by atoms with Crippen molar-refractivity contribution in [3.63, 3.8) is 0 Å². The molecular formula is C25H31NO4S. The highest BCUT2D eigenvalue weighted by Gasteiger charge is 2.34. The van der Waals surface area contributed by atoms with E-state index in [9.17, 15) is 19.8 Å². The molecule has 2 saturated carbocycles. The Kier molecular flexibility index (Phi) is 6.77. The van der Waals surface area contributed by atoms with Crippen LogP contribution in [0.2, 0.25) is 0 Å². The number of aliphatic hydroxyl groups is 1. The fourth-order valence-corrected chi connectivity index (χ4v) is 5.80. The van der Waals surface area contributed by atoms with Crippen molar-refractivity contribution in [1.82, 2.24) is 0 Å². The number of aliphatic hydroxyl groups excluding tert-OH is 1. The van der Waals surface area contributed by atoms with Crippen molar-refractivity contribution in [3.8, 4) is 10.4 Å². The summed E-state index contributed by atoms with van der Waals surface area (Å²) in [5.41, 5.74) is 1.81. The second-order valence-corrected chi connectivity index (χ2v) is 10.2. The molecule has 2 N–H and O–H groups in total. The smallest absolute Gasteiger partial charge is 0.345 e. The van der Waals surface area contributed by atoms with Gasteiger partial charge in [0.2, 0.25) is 5.91 Å². The third-order valence-electron chi connectivity index (χ3n) is 6.86. The van der Waals surface area contributed by atoms with Crippen molar-refractivity contribution in [1.29, 1.82) is 0 Å². The number of hydrogen-bond donors (Lipinski definition) is 2. The lowest BCUT2D eigenvalue weighted by Gasteiger charge is -2.39. The predicted octanol–water partition coefficient (Wildman–Crippen LogP) is 5.58. The van der Waals surface area contributed by atoms with Crippen molar-refractivity contribution in [2.45, 2.75) is 70.4 Å².